The van der Waals surface area contributed by atoms with Crippen molar-refractivity contribution < 1.29 is 24.2 Å². The van der Waals surface area contributed by atoms with Gasteiger partial charge in [-0.25, -0.2) is 4.79 Å². The largest absolute Gasteiger partial charge is 0.492 e. The topological polar surface area (TPSA) is 76.1 Å². The number of morpholine rings is 1. The van der Waals surface area contributed by atoms with Gasteiger partial charge in [-0.05, 0) is 6.07 Å². The van der Waals surface area contributed by atoms with Crippen LogP contribution in [0.4, 0.5) is 0 Å². The van der Waals surface area contributed by atoms with E-state index in [0.29, 0.717) is 13.2 Å². The minimum Gasteiger partial charge on any atom is -0.492 e. The second-order valence-electron chi connectivity index (χ2n) is 4.88. The lowest BCUT2D eigenvalue weighted by Crippen LogP contribution is -2.50. The summed E-state index contributed by atoms with van der Waals surface area (Å²) in [6.45, 7) is 1.07. The maximum absolute atomic E-state index is 12.5. The van der Waals surface area contributed by atoms with Crippen molar-refractivity contribution in [2.24, 2.45) is 0 Å². The summed E-state index contributed by atoms with van der Waals surface area (Å²) in [5, 5.41) is 8.97. The molecule has 0 spiro atoms. The van der Waals surface area contributed by atoms with Crippen LogP contribution in [-0.2, 0) is 14.3 Å². The highest BCUT2D eigenvalue weighted by molar-refractivity contribution is 5.86. The maximum Gasteiger partial charge on any atom is 0.334 e. The van der Waals surface area contributed by atoms with E-state index in [1.807, 2.05) is 24.3 Å². The molecule has 1 amide bonds. The molecule has 1 saturated heterocycles. The number of benzene rings is 1. The summed E-state index contributed by atoms with van der Waals surface area (Å²) in [4.78, 5) is 25.0. The Labute approximate surface area is 115 Å². The Morgan fingerprint density at radius 1 is 1.30 bits per heavy atom. The zero-order valence-corrected chi connectivity index (χ0v) is 10.8. The van der Waals surface area contributed by atoms with E-state index >= 15 is 0 Å². The minimum absolute atomic E-state index is 0.0901. The maximum atomic E-state index is 12.5. The standard InChI is InChI=1S/C14H15NO5/c16-13(15-5-6-19-12(7-15)14(17)18)10-8-20-11-4-2-1-3-9(10)11/h1-4,10,12H,5-8H2,(H,17,18)/t10-,12+/m0/s1. The summed E-state index contributed by atoms with van der Waals surface area (Å²) in [6, 6.07) is 7.44. The van der Waals surface area contributed by atoms with Crippen LogP contribution in [0.3, 0.4) is 0 Å². The number of hydrogen-bond acceptors (Lipinski definition) is 4. The van der Waals surface area contributed by atoms with Crippen molar-refractivity contribution in [3.05, 3.63) is 29.8 Å². The van der Waals surface area contributed by atoms with Gasteiger partial charge in [-0.2, -0.15) is 0 Å². The zero-order valence-electron chi connectivity index (χ0n) is 10.8. The van der Waals surface area contributed by atoms with Crippen LogP contribution >= 0.6 is 0 Å². The Morgan fingerprint density at radius 3 is 2.90 bits per heavy atom. The molecule has 0 unspecified atom stereocenters. The van der Waals surface area contributed by atoms with Crippen LogP contribution in [0.15, 0.2) is 24.3 Å². The molecule has 20 heavy (non-hydrogen) atoms. The first kappa shape index (κ1) is 12.9. The zero-order chi connectivity index (χ0) is 14.1. The molecule has 1 N–H and O–H groups in total. The number of hydrogen-bond donors (Lipinski definition) is 1. The van der Waals surface area contributed by atoms with Crippen molar-refractivity contribution in [2.75, 3.05) is 26.3 Å². The van der Waals surface area contributed by atoms with Crippen LogP contribution in [0.2, 0.25) is 0 Å². The first-order valence-electron chi connectivity index (χ1n) is 6.51. The van der Waals surface area contributed by atoms with Gasteiger partial charge in [0, 0.05) is 12.1 Å². The highest BCUT2D eigenvalue weighted by atomic mass is 16.5. The van der Waals surface area contributed by atoms with E-state index in [-0.39, 0.29) is 25.0 Å². The second-order valence-corrected chi connectivity index (χ2v) is 4.88. The third-order valence-corrected chi connectivity index (χ3v) is 3.65. The number of carboxylic acid groups (broad SMARTS) is 1. The van der Waals surface area contributed by atoms with Crippen LogP contribution in [0.25, 0.3) is 0 Å². The second kappa shape index (κ2) is 5.13. The van der Waals surface area contributed by atoms with Crippen molar-refractivity contribution in [1.29, 1.82) is 0 Å². The summed E-state index contributed by atoms with van der Waals surface area (Å²) in [5.41, 5.74) is 0.871. The molecule has 1 fully saturated rings. The highest BCUT2D eigenvalue weighted by Crippen LogP contribution is 2.34. The minimum atomic E-state index is -1.04. The molecule has 0 saturated carbocycles. The van der Waals surface area contributed by atoms with Crippen LogP contribution in [0, 0.1) is 0 Å². The molecule has 2 aliphatic heterocycles. The lowest BCUT2D eigenvalue weighted by Gasteiger charge is -2.32. The Bertz CT molecular complexity index is 544. The SMILES string of the molecule is O=C(O)[C@H]1CN(C(=O)[C@H]2COc3ccccc32)CCO1. The van der Waals surface area contributed by atoms with Gasteiger partial charge in [-0.15, -0.1) is 0 Å². The predicted octanol–water partition coefficient (Wildman–Crippen LogP) is 0.475. The van der Waals surface area contributed by atoms with Crippen molar-refractivity contribution in [3.8, 4) is 5.75 Å². The third-order valence-electron chi connectivity index (χ3n) is 3.65. The molecular weight excluding hydrogens is 262 g/mol. The summed E-state index contributed by atoms with van der Waals surface area (Å²) in [5.74, 6) is -0.747. The average molecular weight is 277 g/mol. The summed E-state index contributed by atoms with van der Waals surface area (Å²) in [6.07, 6.45) is -0.940. The fourth-order valence-corrected chi connectivity index (χ4v) is 2.59. The van der Waals surface area contributed by atoms with Gasteiger partial charge in [0.2, 0.25) is 5.91 Å². The number of aliphatic carboxylic acids is 1. The number of amides is 1. The molecule has 2 heterocycles. The lowest BCUT2D eigenvalue weighted by molar-refractivity contribution is -0.159. The van der Waals surface area contributed by atoms with Gasteiger partial charge in [-0.3, -0.25) is 4.79 Å². The van der Waals surface area contributed by atoms with Gasteiger partial charge < -0.3 is 19.5 Å². The normalized spacial score (nSPS) is 24.9. The summed E-state index contributed by atoms with van der Waals surface area (Å²) in [7, 11) is 0. The summed E-state index contributed by atoms with van der Waals surface area (Å²) < 4.78 is 10.6. The molecule has 0 bridgehead atoms. The van der Waals surface area contributed by atoms with Crippen molar-refractivity contribution in [3.63, 3.8) is 0 Å². The van der Waals surface area contributed by atoms with E-state index in [9.17, 15) is 9.59 Å². The Hall–Kier alpha value is -2.08. The quantitative estimate of drug-likeness (QED) is 0.850. The molecule has 0 aliphatic carbocycles. The number of para-hydroxylation sites is 1. The number of carboxylic acids is 1. The van der Waals surface area contributed by atoms with Gasteiger partial charge in [0.25, 0.3) is 0 Å². The van der Waals surface area contributed by atoms with Crippen molar-refractivity contribution in [1.82, 2.24) is 4.90 Å². The van der Waals surface area contributed by atoms with E-state index in [0.717, 1.165) is 11.3 Å². The molecule has 106 valence electrons. The lowest BCUT2D eigenvalue weighted by atomic mass is 9.99. The third kappa shape index (κ3) is 2.22. The monoisotopic (exact) mass is 277 g/mol. The predicted molar refractivity (Wildman–Crippen MR) is 68.6 cm³/mol. The van der Waals surface area contributed by atoms with Crippen molar-refractivity contribution >= 4 is 11.9 Å². The van der Waals surface area contributed by atoms with E-state index in [2.05, 4.69) is 0 Å². The van der Waals surface area contributed by atoms with E-state index < -0.39 is 12.1 Å². The van der Waals surface area contributed by atoms with Gasteiger partial charge in [0.1, 0.15) is 18.3 Å². The number of carbonyl (C=O) groups is 2. The Morgan fingerprint density at radius 2 is 2.10 bits per heavy atom. The number of rotatable bonds is 2. The van der Waals surface area contributed by atoms with Gasteiger partial charge >= 0.3 is 5.97 Å². The van der Waals surface area contributed by atoms with Crippen LogP contribution in [-0.4, -0.2) is 54.3 Å². The van der Waals surface area contributed by atoms with Gasteiger partial charge in [-0.1, -0.05) is 18.2 Å². The van der Waals surface area contributed by atoms with Crippen LogP contribution in [0.5, 0.6) is 5.75 Å². The number of nitrogens with zero attached hydrogens (tertiary/aromatic N) is 1. The van der Waals surface area contributed by atoms with E-state index in [1.54, 1.807) is 4.90 Å². The van der Waals surface area contributed by atoms with Gasteiger partial charge in [0.05, 0.1) is 13.2 Å². The first-order chi connectivity index (χ1) is 9.66. The average Bonchev–Trinajstić information content (AvgIpc) is 2.90. The smallest absolute Gasteiger partial charge is 0.334 e. The Kier molecular flexibility index (Phi) is 3.31. The molecule has 6 nitrogen and oxygen atoms in total. The molecule has 3 rings (SSSR count). The Balaban J connectivity index is 1.75. The fraction of sp³-hybridized carbons (Fsp3) is 0.429. The van der Waals surface area contributed by atoms with E-state index in [4.69, 9.17) is 14.6 Å². The summed E-state index contributed by atoms with van der Waals surface area (Å²) >= 11 is 0. The van der Waals surface area contributed by atoms with Crippen LogP contribution < -0.4 is 4.74 Å². The number of fused-ring (bicyclic) bond motifs is 1. The van der Waals surface area contributed by atoms with Gasteiger partial charge in [0.15, 0.2) is 6.10 Å². The molecule has 6 heteroatoms. The van der Waals surface area contributed by atoms with E-state index in [1.165, 1.54) is 0 Å². The number of ether oxygens (including phenoxy) is 2. The molecule has 2 aliphatic rings. The molecule has 0 radical (unpaired) electrons. The molecule has 0 aromatic heterocycles. The first-order valence-corrected chi connectivity index (χ1v) is 6.51. The molecular formula is C14H15NO5. The number of carbonyl (C=O) groups excluding carboxylic acids is 1. The van der Waals surface area contributed by atoms with Crippen molar-refractivity contribution in [2.45, 2.75) is 12.0 Å². The molecule has 1 aromatic carbocycles. The molecule has 2 atom stereocenters. The molecule has 1 aromatic rings. The highest BCUT2D eigenvalue weighted by Gasteiger charge is 2.36. The van der Waals surface area contributed by atoms with Crippen LogP contribution in [0.1, 0.15) is 11.5 Å². The fourth-order valence-electron chi connectivity index (χ4n) is 2.59.